The van der Waals surface area contributed by atoms with E-state index in [1.54, 1.807) is 7.11 Å². The second kappa shape index (κ2) is 9.25. The van der Waals surface area contributed by atoms with E-state index in [9.17, 15) is 0 Å². The third-order valence-corrected chi connectivity index (χ3v) is 5.29. The van der Waals surface area contributed by atoms with Gasteiger partial charge in [-0.15, -0.1) is 0 Å². The van der Waals surface area contributed by atoms with Crippen molar-refractivity contribution in [3.63, 3.8) is 0 Å². The maximum Gasteiger partial charge on any atom is 0.161 e. The van der Waals surface area contributed by atoms with Crippen molar-refractivity contribution in [2.24, 2.45) is 5.92 Å². The SMILES string of the molecule is CCOc1cc(CN2CCN(CC3CC=CCC3)CC2)ccc1OC. The molecule has 1 heterocycles. The van der Waals surface area contributed by atoms with Crippen molar-refractivity contribution in [1.82, 2.24) is 9.80 Å². The van der Waals surface area contributed by atoms with Gasteiger partial charge in [-0.3, -0.25) is 4.90 Å². The molecular weight excluding hydrogens is 312 g/mol. The molecule has 0 bridgehead atoms. The lowest BCUT2D eigenvalue weighted by Crippen LogP contribution is -2.47. The van der Waals surface area contributed by atoms with E-state index >= 15 is 0 Å². The molecule has 1 saturated heterocycles. The van der Waals surface area contributed by atoms with Gasteiger partial charge in [-0.2, -0.15) is 0 Å². The average molecular weight is 344 g/mol. The third-order valence-electron chi connectivity index (χ3n) is 5.29. The van der Waals surface area contributed by atoms with Crippen LogP contribution in [-0.4, -0.2) is 56.2 Å². The smallest absolute Gasteiger partial charge is 0.161 e. The van der Waals surface area contributed by atoms with Crippen molar-refractivity contribution in [2.45, 2.75) is 32.7 Å². The van der Waals surface area contributed by atoms with Gasteiger partial charge in [0, 0.05) is 39.3 Å². The van der Waals surface area contributed by atoms with Crippen LogP contribution in [0.15, 0.2) is 30.4 Å². The highest BCUT2D eigenvalue weighted by Crippen LogP contribution is 2.28. The molecule has 0 amide bonds. The van der Waals surface area contributed by atoms with E-state index in [4.69, 9.17) is 9.47 Å². The van der Waals surface area contributed by atoms with E-state index < -0.39 is 0 Å². The Balaban J connectivity index is 1.48. The van der Waals surface area contributed by atoms with Gasteiger partial charge in [0.15, 0.2) is 11.5 Å². The predicted molar refractivity (Wildman–Crippen MR) is 102 cm³/mol. The van der Waals surface area contributed by atoms with Crippen molar-refractivity contribution in [1.29, 1.82) is 0 Å². The van der Waals surface area contributed by atoms with Crippen molar-refractivity contribution < 1.29 is 9.47 Å². The van der Waals surface area contributed by atoms with Crippen molar-refractivity contribution in [2.75, 3.05) is 46.4 Å². The molecule has 4 nitrogen and oxygen atoms in total. The van der Waals surface area contributed by atoms with Crippen LogP contribution in [0.3, 0.4) is 0 Å². The van der Waals surface area contributed by atoms with Crippen LogP contribution >= 0.6 is 0 Å². The van der Waals surface area contributed by atoms with E-state index in [0.717, 1.165) is 37.1 Å². The van der Waals surface area contributed by atoms with Gasteiger partial charge in [-0.1, -0.05) is 18.2 Å². The Bertz CT molecular complexity index is 565. The topological polar surface area (TPSA) is 24.9 Å². The molecule has 0 aromatic heterocycles. The molecule has 0 saturated carbocycles. The maximum atomic E-state index is 5.70. The summed E-state index contributed by atoms with van der Waals surface area (Å²) in [7, 11) is 1.69. The second-order valence-electron chi connectivity index (χ2n) is 7.15. The van der Waals surface area contributed by atoms with Gasteiger partial charge in [0.2, 0.25) is 0 Å². The van der Waals surface area contributed by atoms with Crippen molar-refractivity contribution in [3.05, 3.63) is 35.9 Å². The molecule has 1 aliphatic heterocycles. The summed E-state index contributed by atoms with van der Waals surface area (Å²) >= 11 is 0. The summed E-state index contributed by atoms with van der Waals surface area (Å²) in [5.41, 5.74) is 1.30. The number of allylic oxidation sites excluding steroid dienone is 2. The van der Waals surface area contributed by atoms with Crippen LogP contribution in [0.25, 0.3) is 0 Å². The number of hydrogen-bond acceptors (Lipinski definition) is 4. The van der Waals surface area contributed by atoms with E-state index in [-0.39, 0.29) is 0 Å². The minimum absolute atomic E-state index is 0.662. The average Bonchev–Trinajstić information content (AvgIpc) is 2.65. The summed E-state index contributed by atoms with van der Waals surface area (Å²) in [6.45, 7) is 9.61. The number of hydrogen-bond donors (Lipinski definition) is 0. The monoisotopic (exact) mass is 344 g/mol. The zero-order chi connectivity index (χ0) is 17.5. The Morgan fingerprint density at radius 1 is 1.04 bits per heavy atom. The summed E-state index contributed by atoms with van der Waals surface area (Å²) in [5, 5.41) is 0. The zero-order valence-electron chi connectivity index (χ0n) is 15.7. The minimum atomic E-state index is 0.662. The molecule has 0 spiro atoms. The molecule has 25 heavy (non-hydrogen) atoms. The number of nitrogens with zero attached hydrogens (tertiary/aromatic N) is 2. The molecule has 4 heteroatoms. The highest BCUT2D eigenvalue weighted by molar-refractivity contribution is 5.42. The van der Waals surface area contributed by atoms with Crippen LogP contribution in [0, 0.1) is 5.92 Å². The zero-order valence-corrected chi connectivity index (χ0v) is 15.7. The van der Waals surface area contributed by atoms with E-state index in [2.05, 4.69) is 34.1 Å². The fourth-order valence-electron chi connectivity index (χ4n) is 3.86. The first kappa shape index (κ1) is 18.3. The molecule has 1 atom stereocenters. The highest BCUT2D eigenvalue weighted by atomic mass is 16.5. The largest absolute Gasteiger partial charge is 0.493 e. The van der Waals surface area contributed by atoms with Crippen LogP contribution in [0.4, 0.5) is 0 Å². The first-order valence-electron chi connectivity index (χ1n) is 9.68. The Labute approximate surface area is 152 Å². The fraction of sp³-hybridized carbons (Fsp3) is 0.619. The van der Waals surface area contributed by atoms with Gasteiger partial charge < -0.3 is 14.4 Å². The number of benzene rings is 1. The van der Waals surface area contributed by atoms with Gasteiger partial charge in [0.25, 0.3) is 0 Å². The predicted octanol–water partition coefficient (Wildman–Crippen LogP) is 3.57. The van der Waals surface area contributed by atoms with Crippen LogP contribution < -0.4 is 9.47 Å². The molecule has 138 valence electrons. The number of rotatable bonds is 7. The Morgan fingerprint density at radius 3 is 2.52 bits per heavy atom. The lowest BCUT2D eigenvalue weighted by Gasteiger charge is -2.36. The van der Waals surface area contributed by atoms with Gasteiger partial charge in [0.05, 0.1) is 13.7 Å². The Morgan fingerprint density at radius 2 is 1.84 bits per heavy atom. The van der Waals surface area contributed by atoms with Gasteiger partial charge in [0.1, 0.15) is 0 Å². The summed E-state index contributed by atoms with van der Waals surface area (Å²) in [6, 6.07) is 6.30. The second-order valence-corrected chi connectivity index (χ2v) is 7.15. The summed E-state index contributed by atoms with van der Waals surface area (Å²) in [5.74, 6) is 2.54. The maximum absolute atomic E-state index is 5.70. The molecule has 2 aliphatic rings. The Hall–Kier alpha value is -1.52. The molecule has 1 aromatic carbocycles. The first-order chi connectivity index (χ1) is 12.3. The van der Waals surface area contributed by atoms with Crippen molar-refractivity contribution in [3.8, 4) is 11.5 Å². The number of methoxy groups -OCH3 is 1. The summed E-state index contributed by atoms with van der Waals surface area (Å²) in [6.07, 6.45) is 8.60. The highest BCUT2D eigenvalue weighted by Gasteiger charge is 2.20. The lowest BCUT2D eigenvalue weighted by molar-refractivity contribution is 0.111. The normalized spacial score (nSPS) is 22.1. The lowest BCUT2D eigenvalue weighted by atomic mass is 9.94. The van der Waals surface area contributed by atoms with E-state index in [1.165, 1.54) is 44.5 Å². The molecule has 1 unspecified atom stereocenters. The van der Waals surface area contributed by atoms with Gasteiger partial charge >= 0.3 is 0 Å². The first-order valence-corrected chi connectivity index (χ1v) is 9.68. The summed E-state index contributed by atoms with van der Waals surface area (Å²) < 4.78 is 11.1. The molecule has 0 radical (unpaired) electrons. The van der Waals surface area contributed by atoms with Crippen LogP contribution in [-0.2, 0) is 6.54 Å². The van der Waals surface area contributed by atoms with Crippen LogP contribution in [0.5, 0.6) is 11.5 Å². The third kappa shape index (κ3) is 5.23. The van der Waals surface area contributed by atoms with Crippen LogP contribution in [0.2, 0.25) is 0 Å². The van der Waals surface area contributed by atoms with Gasteiger partial charge in [-0.05, 0) is 49.8 Å². The summed E-state index contributed by atoms with van der Waals surface area (Å²) in [4.78, 5) is 5.20. The quantitative estimate of drug-likeness (QED) is 0.706. The van der Waals surface area contributed by atoms with Crippen LogP contribution in [0.1, 0.15) is 31.7 Å². The molecule has 3 rings (SSSR count). The molecule has 1 aliphatic carbocycles. The Kier molecular flexibility index (Phi) is 6.76. The molecule has 0 N–H and O–H groups in total. The standard InChI is InChI=1S/C21H32N2O2/c1-3-25-21-15-19(9-10-20(21)24-2)17-23-13-11-22(12-14-23)16-18-7-5-4-6-8-18/h4-5,9-10,15,18H,3,6-8,11-14,16-17H2,1-2H3. The molecule has 1 aromatic rings. The minimum Gasteiger partial charge on any atom is -0.493 e. The molecule has 1 fully saturated rings. The fourth-order valence-corrected chi connectivity index (χ4v) is 3.86. The molecular formula is C21H32N2O2. The number of piperazine rings is 1. The number of ether oxygens (including phenoxy) is 2. The van der Waals surface area contributed by atoms with Gasteiger partial charge in [-0.25, -0.2) is 0 Å². The van der Waals surface area contributed by atoms with E-state index in [0.29, 0.717) is 6.61 Å². The van der Waals surface area contributed by atoms with E-state index in [1.807, 2.05) is 13.0 Å². The van der Waals surface area contributed by atoms with Crippen molar-refractivity contribution >= 4 is 0 Å².